The summed E-state index contributed by atoms with van der Waals surface area (Å²) in [6.07, 6.45) is 2.91. The number of aromatic amines is 1. The number of para-hydroxylation sites is 1. The zero-order valence-electron chi connectivity index (χ0n) is 13.1. The van der Waals surface area contributed by atoms with Gasteiger partial charge in [0.1, 0.15) is 0 Å². The topological polar surface area (TPSA) is 15.8 Å². The van der Waals surface area contributed by atoms with Gasteiger partial charge in [0.25, 0.3) is 0 Å². The molecule has 1 aromatic carbocycles. The van der Waals surface area contributed by atoms with Gasteiger partial charge in [-0.2, -0.15) is 53.0 Å². The number of H-pyrrole nitrogens is 1. The van der Waals surface area contributed by atoms with E-state index in [0.29, 0.717) is 0 Å². The summed E-state index contributed by atoms with van der Waals surface area (Å²) < 4.78 is 0. The van der Waals surface area contributed by atoms with Crippen LogP contribution in [0, 0.1) is 18.0 Å². The van der Waals surface area contributed by atoms with Crippen LogP contribution in [0.4, 0.5) is 0 Å². The van der Waals surface area contributed by atoms with Crippen LogP contribution in [0.25, 0.3) is 10.9 Å². The first kappa shape index (κ1) is 28.4. The van der Waals surface area contributed by atoms with Crippen molar-refractivity contribution in [3.8, 4) is 0 Å². The van der Waals surface area contributed by atoms with E-state index in [-0.39, 0.29) is 51.0 Å². The normalized spacial score (nSPS) is 8.20. The maximum atomic E-state index is 2.99. The minimum Gasteiger partial charge on any atom is -1.00 e. The summed E-state index contributed by atoms with van der Waals surface area (Å²) in [6, 6.07) is 10.1. The Bertz CT molecular complexity index is 358. The van der Waals surface area contributed by atoms with Crippen molar-refractivity contribution < 1.29 is 51.0 Å². The van der Waals surface area contributed by atoms with E-state index < -0.39 is 0 Å². The zero-order valence-corrected chi connectivity index (χ0v) is 17.1. The van der Waals surface area contributed by atoms with Crippen molar-refractivity contribution in [2.75, 3.05) is 0 Å². The first-order valence-electron chi connectivity index (χ1n) is 5.90. The third-order valence-corrected chi connectivity index (χ3v) is 1.40. The number of fused-ring (bicyclic) bond motifs is 1. The van der Waals surface area contributed by atoms with Gasteiger partial charge in [0.2, 0.25) is 0 Å². The fourth-order valence-corrected chi connectivity index (χ4v) is 0.928. The van der Waals surface area contributed by atoms with Gasteiger partial charge in [-0.15, -0.1) is 23.8 Å². The summed E-state index contributed by atoms with van der Waals surface area (Å²) in [5.74, 6) is 2.83. The molecular weight excluding hydrogens is 368 g/mol. The van der Waals surface area contributed by atoms with E-state index in [4.69, 9.17) is 0 Å². The summed E-state index contributed by atoms with van der Waals surface area (Å²) in [4.78, 5) is 2.99. The minimum atomic E-state index is 0. The van der Waals surface area contributed by atoms with E-state index in [2.05, 4.69) is 58.8 Å². The molecule has 0 aliphatic rings. The molecule has 0 aliphatic carbocycles. The van der Waals surface area contributed by atoms with Crippen molar-refractivity contribution in [2.45, 2.75) is 41.5 Å². The number of benzene rings is 1. The van der Waals surface area contributed by atoms with Crippen LogP contribution in [0.5, 0.6) is 0 Å². The molecule has 0 saturated carbocycles. The maximum absolute atomic E-state index is 2.99. The molecule has 0 fully saturated rings. The largest absolute Gasteiger partial charge is 2.00 e. The molecule has 2 rings (SSSR count). The van der Waals surface area contributed by atoms with Gasteiger partial charge in [0, 0.05) is 0 Å². The van der Waals surface area contributed by atoms with Gasteiger partial charge < -0.3 is 41.6 Å². The molecule has 2 aromatic rings. The van der Waals surface area contributed by atoms with Crippen LogP contribution in [0.3, 0.4) is 0 Å². The van der Waals surface area contributed by atoms with Crippen LogP contribution < -0.4 is 24.8 Å². The number of hydrogen-bond acceptors (Lipinski definition) is 0. The van der Waals surface area contributed by atoms with E-state index >= 15 is 0 Å². The summed E-state index contributed by atoms with van der Waals surface area (Å²) in [7, 11) is 0. The van der Waals surface area contributed by atoms with Gasteiger partial charge in [0.15, 0.2) is 0 Å². The molecule has 0 radical (unpaired) electrons. The van der Waals surface area contributed by atoms with Gasteiger partial charge in [-0.25, -0.2) is 0 Å². The van der Waals surface area contributed by atoms with E-state index in [1.165, 1.54) is 17.2 Å². The smallest absolute Gasteiger partial charge is 1.00 e. The molecule has 1 heterocycles. The minimum absolute atomic E-state index is 0. The van der Waals surface area contributed by atoms with Crippen molar-refractivity contribution in [1.29, 1.82) is 0 Å². The van der Waals surface area contributed by atoms with E-state index in [1.54, 1.807) is 0 Å². The van der Waals surface area contributed by atoms with Gasteiger partial charge in [-0.1, -0.05) is 12.1 Å². The Morgan fingerprint density at radius 2 is 1.25 bits per heavy atom. The molecule has 0 atom stereocenters. The van der Waals surface area contributed by atoms with Gasteiger partial charge >= 0.3 is 26.2 Å². The van der Waals surface area contributed by atoms with Crippen molar-refractivity contribution in [1.82, 2.24) is 4.98 Å². The maximum Gasteiger partial charge on any atom is 2.00 e. The van der Waals surface area contributed by atoms with Crippen LogP contribution in [0.15, 0.2) is 30.3 Å². The number of rotatable bonds is 0. The molecule has 114 valence electrons. The summed E-state index contributed by atoms with van der Waals surface area (Å²) in [5.41, 5.74) is 1.15. The molecule has 1 N–H and O–H groups in total. The Morgan fingerprint density at radius 1 is 0.850 bits per heavy atom. The predicted molar refractivity (Wildman–Crippen MR) is 77.7 cm³/mol. The first-order valence-corrected chi connectivity index (χ1v) is 5.90. The zero-order chi connectivity index (χ0) is 13.3. The Balaban J connectivity index is -0.000000103. The second-order valence-electron chi connectivity index (χ2n) is 5.00. The second-order valence-corrected chi connectivity index (χ2v) is 5.00. The SMILES string of the molecule is C[C-](C)C.C[C-](C)C.[Cl-].[Cl-].[Zr+2].[c-]1cc2ccccc2[nH]1. The molecule has 1 nitrogen and oxygen atoms in total. The van der Waals surface area contributed by atoms with Crippen LogP contribution in [-0.4, -0.2) is 4.98 Å². The third kappa shape index (κ3) is 18.2. The molecular formula is C16H24Cl2NZr-3. The van der Waals surface area contributed by atoms with E-state index in [9.17, 15) is 0 Å². The Kier molecular flexibility index (Phi) is 24.5. The van der Waals surface area contributed by atoms with Gasteiger partial charge in [-0.3, -0.25) is 0 Å². The first-order chi connectivity index (χ1) is 7.93. The molecule has 0 saturated heterocycles. The fourth-order valence-electron chi connectivity index (χ4n) is 0.928. The molecule has 0 bridgehead atoms. The Morgan fingerprint density at radius 3 is 1.65 bits per heavy atom. The number of nitrogens with one attached hydrogen (secondary N) is 1. The van der Waals surface area contributed by atoms with Crippen LogP contribution in [0.1, 0.15) is 41.5 Å². The average molecular weight is 393 g/mol. The average Bonchev–Trinajstić information content (AvgIpc) is 2.62. The molecule has 0 aliphatic heterocycles. The fraction of sp³-hybridized carbons (Fsp3) is 0.375. The van der Waals surface area contributed by atoms with Crippen LogP contribution in [-0.2, 0) is 26.2 Å². The van der Waals surface area contributed by atoms with Crippen LogP contribution >= 0.6 is 0 Å². The van der Waals surface area contributed by atoms with Gasteiger partial charge in [-0.05, 0) is 0 Å². The number of halogens is 2. The molecule has 0 amide bonds. The summed E-state index contributed by atoms with van der Waals surface area (Å²) in [5, 5.41) is 1.22. The summed E-state index contributed by atoms with van der Waals surface area (Å²) in [6.45, 7) is 12.5. The van der Waals surface area contributed by atoms with E-state index in [0.717, 1.165) is 5.52 Å². The molecule has 1 aromatic heterocycles. The standard InChI is InChI=1S/C8H6N.2C4H9.2ClH.Zr/c1-2-4-8-7(3-1)5-6-9-8;2*1-4(2)3;;;/h1-5,9H;2*1-3H3;2*1H;/q3*-1;;;+2/p-2. The molecule has 0 unspecified atom stereocenters. The molecule has 20 heavy (non-hydrogen) atoms. The number of hydrogen-bond donors (Lipinski definition) is 1. The van der Waals surface area contributed by atoms with Crippen LogP contribution in [0.2, 0.25) is 0 Å². The predicted octanol–water partition coefficient (Wildman–Crippen LogP) is -0.785. The summed E-state index contributed by atoms with van der Waals surface area (Å²) >= 11 is 0. The Labute approximate surface area is 156 Å². The second kappa shape index (κ2) is 17.3. The van der Waals surface area contributed by atoms with Crippen molar-refractivity contribution in [3.05, 3.63) is 48.4 Å². The van der Waals surface area contributed by atoms with Crippen molar-refractivity contribution >= 4 is 10.9 Å². The van der Waals surface area contributed by atoms with Gasteiger partial charge in [0.05, 0.1) is 0 Å². The molecule has 0 spiro atoms. The van der Waals surface area contributed by atoms with E-state index in [1.807, 2.05) is 24.3 Å². The molecule has 4 heteroatoms. The third-order valence-electron chi connectivity index (χ3n) is 1.40. The Hall–Kier alpha value is 0.223. The van der Waals surface area contributed by atoms with Crippen molar-refractivity contribution in [2.24, 2.45) is 0 Å². The number of aromatic nitrogens is 1. The monoisotopic (exact) mass is 390 g/mol. The quantitative estimate of drug-likeness (QED) is 0.566. The van der Waals surface area contributed by atoms with Crippen molar-refractivity contribution in [3.63, 3.8) is 0 Å².